The zero-order valence-electron chi connectivity index (χ0n) is 12.9. The number of hydrogen-bond donors (Lipinski definition) is 1. The minimum atomic E-state index is -4.51. The van der Waals surface area contributed by atoms with Crippen LogP contribution >= 0.6 is 0 Å². The molecule has 0 aliphatic carbocycles. The highest BCUT2D eigenvalue weighted by atomic mass is 19.4. The van der Waals surface area contributed by atoms with Gasteiger partial charge in [0.1, 0.15) is 0 Å². The maximum atomic E-state index is 13.1. The van der Waals surface area contributed by atoms with Crippen molar-refractivity contribution in [3.63, 3.8) is 0 Å². The first kappa shape index (κ1) is 16.4. The molecule has 6 nitrogen and oxygen atoms in total. The lowest BCUT2D eigenvalue weighted by Crippen LogP contribution is -2.52. The van der Waals surface area contributed by atoms with Crippen LogP contribution in [0, 0.1) is 0 Å². The molecule has 1 aromatic carbocycles. The van der Waals surface area contributed by atoms with Crippen molar-refractivity contribution in [2.75, 3.05) is 19.6 Å². The molecule has 0 spiro atoms. The van der Waals surface area contributed by atoms with Gasteiger partial charge >= 0.3 is 6.18 Å². The van der Waals surface area contributed by atoms with E-state index in [1.807, 2.05) is 6.92 Å². The highest BCUT2D eigenvalue weighted by Gasteiger charge is 2.34. The molecule has 0 bridgehead atoms. The summed E-state index contributed by atoms with van der Waals surface area (Å²) < 4.78 is 40.3. The first-order chi connectivity index (χ1) is 11.4. The fourth-order valence-electron chi connectivity index (χ4n) is 2.68. The number of alkyl halides is 3. The van der Waals surface area contributed by atoms with Crippen LogP contribution in [0.25, 0.3) is 5.69 Å². The van der Waals surface area contributed by atoms with Crippen LogP contribution in [0.15, 0.2) is 30.5 Å². The number of nitrogens with one attached hydrogen (secondary N) is 1. The number of carbonyl (C=O) groups excluding carboxylic acids is 1. The molecule has 1 saturated heterocycles. The highest BCUT2D eigenvalue weighted by molar-refractivity contribution is 5.92. The van der Waals surface area contributed by atoms with E-state index >= 15 is 0 Å². The third-order valence-electron chi connectivity index (χ3n) is 3.93. The standard InChI is InChI=1S/C15H16F3N5O/c1-10-8-19-6-7-22(10)14(24)12-9-23(21-20-12)13-5-3-2-4-11(13)15(16,17)18/h2-5,9-10,19H,6-8H2,1H3/t10-/m1/s1. The summed E-state index contributed by atoms with van der Waals surface area (Å²) >= 11 is 0. The quantitative estimate of drug-likeness (QED) is 0.905. The Morgan fingerprint density at radius 1 is 1.33 bits per heavy atom. The lowest BCUT2D eigenvalue weighted by molar-refractivity contribution is -0.137. The summed E-state index contributed by atoms with van der Waals surface area (Å²) in [6.45, 7) is 3.75. The molecule has 1 aliphatic heterocycles. The lowest BCUT2D eigenvalue weighted by atomic mass is 10.1. The normalized spacial score (nSPS) is 18.7. The van der Waals surface area contributed by atoms with Crippen LogP contribution in [0.2, 0.25) is 0 Å². The van der Waals surface area contributed by atoms with Gasteiger partial charge in [0.15, 0.2) is 5.69 Å². The van der Waals surface area contributed by atoms with Gasteiger partial charge in [-0.05, 0) is 19.1 Å². The van der Waals surface area contributed by atoms with Crippen molar-refractivity contribution in [3.05, 3.63) is 41.7 Å². The molecule has 0 saturated carbocycles. The van der Waals surface area contributed by atoms with Crippen LogP contribution in [0.3, 0.4) is 0 Å². The lowest BCUT2D eigenvalue weighted by Gasteiger charge is -2.33. The summed E-state index contributed by atoms with van der Waals surface area (Å²) in [7, 11) is 0. The first-order valence-electron chi connectivity index (χ1n) is 7.48. The second-order valence-corrected chi connectivity index (χ2v) is 5.61. The van der Waals surface area contributed by atoms with Crippen molar-refractivity contribution >= 4 is 5.91 Å². The Morgan fingerprint density at radius 3 is 2.79 bits per heavy atom. The number of benzene rings is 1. The molecule has 1 aliphatic rings. The molecule has 24 heavy (non-hydrogen) atoms. The van der Waals surface area contributed by atoms with Gasteiger partial charge in [0.2, 0.25) is 0 Å². The molecule has 1 atom stereocenters. The molecule has 1 N–H and O–H groups in total. The Hall–Kier alpha value is -2.42. The molecule has 3 rings (SSSR count). The van der Waals surface area contributed by atoms with E-state index in [2.05, 4.69) is 15.6 Å². The van der Waals surface area contributed by atoms with Gasteiger partial charge in [-0.3, -0.25) is 4.79 Å². The maximum absolute atomic E-state index is 13.1. The average molecular weight is 339 g/mol. The van der Waals surface area contributed by atoms with Crippen molar-refractivity contribution in [2.24, 2.45) is 0 Å². The van der Waals surface area contributed by atoms with Crippen molar-refractivity contribution < 1.29 is 18.0 Å². The van der Waals surface area contributed by atoms with Crippen LogP contribution in [-0.2, 0) is 6.18 Å². The first-order valence-corrected chi connectivity index (χ1v) is 7.48. The minimum absolute atomic E-state index is 0.0149. The van der Waals surface area contributed by atoms with E-state index in [4.69, 9.17) is 0 Å². The van der Waals surface area contributed by atoms with Gasteiger partial charge in [-0.2, -0.15) is 13.2 Å². The van der Waals surface area contributed by atoms with E-state index in [1.54, 1.807) is 4.90 Å². The molecule has 2 aromatic rings. The molecular formula is C15H16F3N5O. The van der Waals surface area contributed by atoms with Crippen molar-refractivity contribution in [2.45, 2.75) is 19.1 Å². The van der Waals surface area contributed by atoms with Gasteiger partial charge in [0.05, 0.1) is 17.4 Å². The van der Waals surface area contributed by atoms with Crippen LogP contribution in [0.1, 0.15) is 23.0 Å². The largest absolute Gasteiger partial charge is 0.418 e. The van der Waals surface area contributed by atoms with Gasteiger partial charge in [-0.15, -0.1) is 5.10 Å². The summed E-state index contributed by atoms with van der Waals surface area (Å²) in [5.74, 6) is -0.334. The fraction of sp³-hybridized carbons (Fsp3) is 0.400. The summed E-state index contributed by atoms with van der Waals surface area (Å²) in [5.41, 5.74) is -0.963. The molecule has 9 heteroatoms. The monoisotopic (exact) mass is 339 g/mol. The zero-order chi connectivity index (χ0) is 17.3. The Bertz CT molecular complexity index is 743. The highest BCUT2D eigenvalue weighted by Crippen LogP contribution is 2.33. The van der Waals surface area contributed by atoms with E-state index in [0.717, 1.165) is 10.7 Å². The van der Waals surface area contributed by atoms with E-state index in [1.165, 1.54) is 24.4 Å². The van der Waals surface area contributed by atoms with Crippen LogP contribution in [0.4, 0.5) is 13.2 Å². The molecule has 128 valence electrons. The van der Waals surface area contributed by atoms with Gasteiger partial charge < -0.3 is 10.2 Å². The maximum Gasteiger partial charge on any atom is 0.418 e. The van der Waals surface area contributed by atoms with E-state index in [-0.39, 0.29) is 23.3 Å². The Labute approximate surface area is 136 Å². The SMILES string of the molecule is C[C@@H]1CNCCN1C(=O)c1cn(-c2ccccc2C(F)(F)F)nn1. The van der Waals surface area contributed by atoms with E-state index in [0.29, 0.717) is 19.6 Å². The van der Waals surface area contributed by atoms with E-state index in [9.17, 15) is 18.0 Å². The van der Waals surface area contributed by atoms with Crippen molar-refractivity contribution in [1.82, 2.24) is 25.2 Å². The number of nitrogens with zero attached hydrogens (tertiary/aromatic N) is 4. The Balaban J connectivity index is 1.90. The number of piperazine rings is 1. The fourth-order valence-corrected chi connectivity index (χ4v) is 2.68. The number of aromatic nitrogens is 3. The van der Waals surface area contributed by atoms with Crippen LogP contribution < -0.4 is 5.32 Å². The summed E-state index contributed by atoms with van der Waals surface area (Å²) in [6, 6.07) is 5.03. The number of hydrogen-bond acceptors (Lipinski definition) is 4. The average Bonchev–Trinajstić information content (AvgIpc) is 3.04. The Kier molecular flexibility index (Phi) is 4.27. The summed E-state index contributed by atoms with van der Waals surface area (Å²) in [5, 5.41) is 10.6. The second-order valence-electron chi connectivity index (χ2n) is 5.61. The molecule has 1 amide bonds. The molecule has 2 heterocycles. The van der Waals surface area contributed by atoms with Crippen LogP contribution in [0.5, 0.6) is 0 Å². The third-order valence-corrected chi connectivity index (χ3v) is 3.93. The number of para-hydroxylation sites is 1. The molecule has 0 unspecified atom stereocenters. The molecule has 1 aromatic heterocycles. The molecular weight excluding hydrogens is 323 g/mol. The van der Waals surface area contributed by atoms with Gasteiger partial charge in [0.25, 0.3) is 5.91 Å². The number of halogens is 3. The van der Waals surface area contributed by atoms with Gasteiger partial charge in [-0.25, -0.2) is 4.68 Å². The molecule has 1 fully saturated rings. The van der Waals surface area contributed by atoms with Crippen molar-refractivity contribution in [1.29, 1.82) is 0 Å². The topological polar surface area (TPSA) is 63.1 Å². The van der Waals surface area contributed by atoms with Gasteiger partial charge in [-0.1, -0.05) is 17.3 Å². The predicted molar refractivity (Wildman–Crippen MR) is 79.7 cm³/mol. The number of carbonyl (C=O) groups is 1. The second kappa shape index (κ2) is 6.23. The smallest absolute Gasteiger partial charge is 0.332 e. The zero-order valence-corrected chi connectivity index (χ0v) is 12.9. The Morgan fingerprint density at radius 2 is 2.08 bits per heavy atom. The third kappa shape index (κ3) is 3.12. The summed E-state index contributed by atoms with van der Waals surface area (Å²) in [6.07, 6.45) is -3.28. The van der Waals surface area contributed by atoms with Crippen molar-refractivity contribution in [3.8, 4) is 5.69 Å². The summed E-state index contributed by atoms with van der Waals surface area (Å²) in [4.78, 5) is 14.1. The number of amides is 1. The minimum Gasteiger partial charge on any atom is -0.332 e. The number of rotatable bonds is 2. The molecule has 0 radical (unpaired) electrons. The predicted octanol–water partition coefficient (Wildman–Crippen LogP) is 1.72. The van der Waals surface area contributed by atoms with Crippen LogP contribution in [-0.4, -0.2) is 51.5 Å². The van der Waals surface area contributed by atoms with Gasteiger partial charge in [0, 0.05) is 25.7 Å². The van der Waals surface area contributed by atoms with E-state index < -0.39 is 11.7 Å².